The summed E-state index contributed by atoms with van der Waals surface area (Å²) in [6.07, 6.45) is 4.48. The summed E-state index contributed by atoms with van der Waals surface area (Å²) in [5, 5.41) is 0. The standard InChI is InChI=1S/C8H14N2O/c9-7-5-6-3-1-2-4-10(6)8(7)11/h6-7H,1-5,9H2/t6-,7-/m1/s1. The number of nitrogens with zero attached hydrogens (tertiary/aromatic N) is 1. The Morgan fingerprint density at radius 3 is 3.00 bits per heavy atom. The van der Waals surface area contributed by atoms with E-state index in [-0.39, 0.29) is 11.9 Å². The Bertz CT molecular complexity index is 181. The van der Waals surface area contributed by atoms with Gasteiger partial charge in [0, 0.05) is 12.6 Å². The molecule has 2 rings (SSSR count). The van der Waals surface area contributed by atoms with Crippen LogP contribution in [0.4, 0.5) is 0 Å². The van der Waals surface area contributed by atoms with Crippen LogP contribution in [0.1, 0.15) is 25.7 Å². The minimum atomic E-state index is -0.196. The van der Waals surface area contributed by atoms with Crippen molar-refractivity contribution in [1.82, 2.24) is 4.90 Å². The minimum Gasteiger partial charge on any atom is -0.338 e. The van der Waals surface area contributed by atoms with Crippen LogP contribution < -0.4 is 5.73 Å². The van der Waals surface area contributed by atoms with Gasteiger partial charge in [0.2, 0.25) is 5.91 Å². The molecule has 0 radical (unpaired) electrons. The summed E-state index contributed by atoms with van der Waals surface area (Å²) >= 11 is 0. The first-order valence-corrected chi connectivity index (χ1v) is 4.35. The molecule has 1 amide bonds. The topological polar surface area (TPSA) is 46.3 Å². The third-order valence-electron chi connectivity index (χ3n) is 2.75. The number of hydrogen-bond acceptors (Lipinski definition) is 2. The molecule has 11 heavy (non-hydrogen) atoms. The van der Waals surface area contributed by atoms with Crippen LogP contribution in [0.2, 0.25) is 0 Å². The van der Waals surface area contributed by atoms with Gasteiger partial charge in [-0.2, -0.15) is 0 Å². The lowest BCUT2D eigenvalue weighted by Gasteiger charge is -2.28. The Balaban J connectivity index is 2.11. The average molecular weight is 154 g/mol. The number of nitrogens with two attached hydrogens (primary N) is 1. The van der Waals surface area contributed by atoms with Gasteiger partial charge in [0.1, 0.15) is 0 Å². The van der Waals surface area contributed by atoms with Crippen molar-refractivity contribution in [1.29, 1.82) is 0 Å². The van der Waals surface area contributed by atoms with Crippen LogP contribution in [-0.4, -0.2) is 29.4 Å². The van der Waals surface area contributed by atoms with E-state index in [4.69, 9.17) is 5.73 Å². The van der Waals surface area contributed by atoms with Crippen molar-refractivity contribution in [2.24, 2.45) is 5.73 Å². The van der Waals surface area contributed by atoms with Gasteiger partial charge in [-0.3, -0.25) is 4.79 Å². The zero-order valence-corrected chi connectivity index (χ0v) is 6.62. The lowest BCUT2D eigenvalue weighted by atomic mass is 10.0. The van der Waals surface area contributed by atoms with Crippen LogP contribution in [0.3, 0.4) is 0 Å². The molecular weight excluding hydrogens is 140 g/mol. The summed E-state index contributed by atoms with van der Waals surface area (Å²) in [5.74, 6) is 0.176. The van der Waals surface area contributed by atoms with E-state index in [0.29, 0.717) is 6.04 Å². The number of hydrogen-bond donors (Lipinski definition) is 1. The smallest absolute Gasteiger partial charge is 0.239 e. The van der Waals surface area contributed by atoms with Gasteiger partial charge < -0.3 is 10.6 Å². The average Bonchev–Trinajstić information content (AvgIpc) is 2.30. The molecule has 0 spiro atoms. The maximum absolute atomic E-state index is 11.3. The van der Waals surface area contributed by atoms with Crippen LogP contribution >= 0.6 is 0 Å². The molecule has 0 aromatic carbocycles. The van der Waals surface area contributed by atoms with Crippen molar-refractivity contribution in [2.45, 2.75) is 37.8 Å². The summed E-state index contributed by atoms with van der Waals surface area (Å²) in [6, 6.07) is 0.282. The second kappa shape index (κ2) is 2.48. The molecule has 3 heteroatoms. The number of carbonyl (C=O) groups excluding carboxylic acids is 1. The number of amides is 1. The monoisotopic (exact) mass is 154 g/mol. The predicted molar refractivity (Wildman–Crippen MR) is 41.9 cm³/mol. The van der Waals surface area contributed by atoms with Gasteiger partial charge in [0.15, 0.2) is 0 Å². The summed E-state index contributed by atoms with van der Waals surface area (Å²) < 4.78 is 0. The molecule has 2 atom stereocenters. The lowest BCUT2D eigenvalue weighted by molar-refractivity contribution is -0.130. The Hall–Kier alpha value is -0.570. The molecule has 0 aromatic rings. The van der Waals surface area contributed by atoms with Crippen LogP contribution in [0, 0.1) is 0 Å². The first-order chi connectivity index (χ1) is 5.29. The fourth-order valence-electron chi connectivity index (χ4n) is 2.14. The summed E-state index contributed by atoms with van der Waals surface area (Å²) in [5.41, 5.74) is 5.65. The summed E-state index contributed by atoms with van der Waals surface area (Å²) in [4.78, 5) is 13.3. The highest BCUT2D eigenvalue weighted by atomic mass is 16.2. The van der Waals surface area contributed by atoms with Gasteiger partial charge in [-0.05, 0) is 25.7 Å². The largest absolute Gasteiger partial charge is 0.338 e. The molecule has 0 aromatic heterocycles. The van der Waals surface area contributed by atoms with E-state index in [2.05, 4.69) is 0 Å². The molecule has 2 saturated heterocycles. The molecular formula is C8H14N2O. The molecule has 2 aliphatic heterocycles. The number of fused-ring (bicyclic) bond motifs is 1. The van der Waals surface area contributed by atoms with Crippen LogP contribution in [0.25, 0.3) is 0 Å². The fourth-order valence-corrected chi connectivity index (χ4v) is 2.14. The van der Waals surface area contributed by atoms with E-state index >= 15 is 0 Å². The van der Waals surface area contributed by atoms with Gasteiger partial charge in [0.05, 0.1) is 6.04 Å². The van der Waals surface area contributed by atoms with E-state index in [1.54, 1.807) is 0 Å². The molecule has 2 heterocycles. The highest BCUT2D eigenvalue weighted by Gasteiger charge is 2.37. The second-order valence-corrected chi connectivity index (χ2v) is 3.52. The molecule has 2 aliphatic rings. The zero-order chi connectivity index (χ0) is 7.84. The molecule has 2 N–H and O–H groups in total. The SMILES string of the molecule is N[C@@H]1C[C@H]2CCCCN2C1=O. The fraction of sp³-hybridized carbons (Fsp3) is 0.875. The van der Waals surface area contributed by atoms with Crippen molar-refractivity contribution in [2.75, 3.05) is 6.54 Å². The van der Waals surface area contributed by atoms with Crippen molar-refractivity contribution < 1.29 is 4.79 Å². The molecule has 2 fully saturated rings. The highest BCUT2D eigenvalue weighted by molar-refractivity contribution is 5.84. The molecule has 0 aliphatic carbocycles. The Kier molecular flexibility index (Phi) is 1.60. The van der Waals surface area contributed by atoms with Crippen LogP contribution in [0.15, 0.2) is 0 Å². The van der Waals surface area contributed by atoms with E-state index < -0.39 is 0 Å². The maximum atomic E-state index is 11.3. The van der Waals surface area contributed by atoms with Crippen molar-refractivity contribution in [3.8, 4) is 0 Å². The molecule has 0 bridgehead atoms. The van der Waals surface area contributed by atoms with Crippen molar-refractivity contribution >= 4 is 5.91 Å². The quantitative estimate of drug-likeness (QED) is 0.538. The zero-order valence-electron chi connectivity index (χ0n) is 6.62. The second-order valence-electron chi connectivity index (χ2n) is 3.52. The summed E-state index contributed by atoms with van der Waals surface area (Å²) in [6.45, 7) is 0.942. The molecule has 3 nitrogen and oxygen atoms in total. The van der Waals surface area contributed by atoms with Gasteiger partial charge in [0.25, 0.3) is 0 Å². The van der Waals surface area contributed by atoms with E-state index in [1.165, 1.54) is 12.8 Å². The predicted octanol–water partition coefficient (Wildman–Crippen LogP) is 0.0985. The number of piperidine rings is 1. The Morgan fingerprint density at radius 1 is 1.45 bits per heavy atom. The van der Waals surface area contributed by atoms with E-state index in [9.17, 15) is 4.79 Å². The van der Waals surface area contributed by atoms with E-state index in [1.807, 2.05) is 4.90 Å². The summed E-state index contributed by atoms with van der Waals surface area (Å²) in [7, 11) is 0. The Morgan fingerprint density at radius 2 is 2.27 bits per heavy atom. The molecule has 0 saturated carbocycles. The number of rotatable bonds is 0. The van der Waals surface area contributed by atoms with Crippen LogP contribution in [-0.2, 0) is 4.79 Å². The van der Waals surface area contributed by atoms with Gasteiger partial charge in [-0.1, -0.05) is 0 Å². The minimum absolute atomic E-state index is 0.176. The van der Waals surface area contributed by atoms with Crippen molar-refractivity contribution in [3.63, 3.8) is 0 Å². The van der Waals surface area contributed by atoms with Crippen LogP contribution in [0.5, 0.6) is 0 Å². The van der Waals surface area contributed by atoms with Gasteiger partial charge >= 0.3 is 0 Å². The third-order valence-corrected chi connectivity index (χ3v) is 2.75. The molecule has 0 unspecified atom stereocenters. The van der Waals surface area contributed by atoms with Gasteiger partial charge in [-0.15, -0.1) is 0 Å². The third kappa shape index (κ3) is 1.03. The normalized spacial score (nSPS) is 37.5. The first kappa shape index (κ1) is 7.10. The number of carbonyl (C=O) groups is 1. The Labute approximate surface area is 66.5 Å². The van der Waals surface area contributed by atoms with E-state index in [0.717, 1.165) is 19.4 Å². The lowest BCUT2D eigenvalue weighted by Crippen LogP contribution is -2.39. The maximum Gasteiger partial charge on any atom is 0.239 e. The van der Waals surface area contributed by atoms with Gasteiger partial charge in [-0.25, -0.2) is 0 Å². The van der Waals surface area contributed by atoms with Crippen molar-refractivity contribution in [3.05, 3.63) is 0 Å². The first-order valence-electron chi connectivity index (χ1n) is 4.35. The molecule has 62 valence electrons. The highest BCUT2D eigenvalue weighted by Crippen LogP contribution is 2.26.